The first-order valence-electron chi connectivity index (χ1n) is 7.59. The van der Waals surface area contributed by atoms with Crippen molar-refractivity contribution in [2.24, 2.45) is 0 Å². The molecular weight excluding hydrogens is 294 g/mol. The van der Waals surface area contributed by atoms with E-state index in [4.69, 9.17) is 0 Å². The van der Waals surface area contributed by atoms with Gasteiger partial charge in [0.15, 0.2) is 0 Å². The molecule has 23 heavy (non-hydrogen) atoms. The van der Waals surface area contributed by atoms with Crippen molar-refractivity contribution < 1.29 is 9.90 Å². The number of hydrogen-bond acceptors (Lipinski definition) is 4. The summed E-state index contributed by atoms with van der Waals surface area (Å²) < 4.78 is 3.33. The van der Waals surface area contributed by atoms with Gasteiger partial charge in [0.1, 0.15) is 6.54 Å². The fraction of sp³-hybridized carbons (Fsp3) is 0.312. The number of fused-ring (bicyclic) bond motifs is 1. The zero-order valence-electron chi connectivity index (χ0n) is 12.4. The van der Waals surface area contributed by atoms with E-state index in [-0.39, 0.29) is 24.5 Å². The molecule has 4 rings (SSSR count). The highest BCUT2D eigenvalue weighted by Crippen LogP contribution is 2.32. The fourth-order valence-electron chi connectivity index (χ4n) is 3.07. The summed E-state index contributed by atoms with van der Waals surface area (Å²) in [5.41, 5.74) is 0.869. The lowest BCUT2D eigenvalue weighted by Crippen LogP contribution is -2.56. The molecular formula is C16H17N5O2. The lowest BCUT2D eigenvalue weighted by atomic mass is 9.83. The van der Waals surface area contributed by atoms with Crippen LogP contribution >= 0.6 is 0 Å². The Labute approximate surface area is 132 Å². The van der Waals surface area contributed by atoms with Crippen LogP contribution in [0.3, 0.4) is 0 Å². The molecule has 1 aliphatic rings. The van der Waals surface area contributed by atoms with Crippen LogP contribution in [0.25, 0.3) is 10.9 Å². The lowest BCUT2D eigenvalue weighted by Gasteiger charge is -2.41. The first kappa shape index (κ1) is 14.0. The number of aliphatic hydroxyl groups excluding tert-OH is 1. The van der Waals surface area contributed by atoms with Crippen molar-refractivity contribution in [1.82, 2.24) is 24.9 Å². The normalized spacial score (nSPS) is 23.6. The maximum Gasteiger partial charge on any atom is 0.242 e. The Morgan fingerprint density at radius 2 is 2.22 bits per heavy atom. The molecule has 0 aliphatic heterocycles. The number of amides is 1. The summed E-state index contributed by atoms with van der Waals surface area (Å²) in [5.74, 6) is -0.119. The van der Waals surface area contributed by atoms with Crippen molar-refractivity contribution in [2.45, 2.75) is 31.2 Å². The van der Waals surface area contributed by atoms with Gasteiger partial charge in [-0.2, -0.15) is 10.2 Å². The fourth-order valence-corrected chi connectivity index (χ4v) is 3.07. The van der Waals surface area contributed by atoms with Gasteiger partial charge in [-0.1, -0.05) is 18.2 Å². The number of rotatable bonds is 4. The van der Waals surface area contributed by atoms with E-state index in [1.807, 2.05) is 30.5 Å². The minimum atomic E-state index is -0.479. The third-order valence-electron chi connectivity index (χ3n) is 4.25. The minimum absolute atomic E-state index is 0.109. The monoisotopic (exact) mass is 311 g/mol. The minimum Gasteiger partial charge on any atom is -0.391 e. The number of hydrogen-bond donors (Lipinski definition) is 2. The van der Waals surface area contributed by atoms with Crippen molar-refractivity contribution in [3.63, 3.8) is 0 Å². The number of aliphatic hydroxyl groups is 1. The lowest BCUT2D eigenvalue weighted by molar-refractivity contribution is -0.125. The molecule has 0 bridgehead atoms. The molecule has 1 fully saturated rings. The number of nitrogens with zero attached hydrogens (tertiary/aromatic N) is 4. The Hall–Kier alpha value is -2.67. The SMILES string of the molecule is O=C(Cn1cc2ccccc2n1)N[C@H]1C[C@@H](O)[C@@H]1n1cccn1. The first-order valence-corrected chi connectivity index (χ1v) is 7.59. The van der Waals surface area contributed by atoms with Gasteiger partial charge in [-0.3, -0.25) is 14.2 Å². The van der Waals surface area contributed by atoms with Crippen LogP contribution in [-0.4, -0.2) is 42.7 Å². The predicted molar refractivity (Wildman–Crippen MR) is 83.6 cm³/mol. The second-order valence-electron chi connectivity index (χ2n) is 5.84. The maximum atomic E-state index is 12.2. The van der Waals surface area contributed by atoms with Crippen LogP contribution in [0, 0.1) is 0 Å². The summed E-state index contributed by atoms with van der Waals surface area (Å²) >= 11 is 0. The van der Waals surface area contributed by atoms with Gasteiger partial charge in [-0.15, -0.1) is 0 Å². The molecule has 2 N–H and O–H groups in total. The molecule has 118 valence electrons. The third kappa shape index (κ3) is 2.59. The summed E-state index contributed by atoms with van der Waals surface area (Å²) in [5, 5.41) is 22.4. The van der Waals surface area contributed by atoms with Gasteiger partial charge in [0.25, 0.3) is 0 Å². The largest absolute Gasteiger partial charge is 0.391 e. The molecule has 1 aromatic carbocycles. The van der Waals surface area contributed by atoms with Gasteiger partial charge in [0, 0.05) is 24.0 Å². The number of carbonyl (C=O) groups excluding carboxylic acids is 1. The number of nitrogens with one attached hydrogen (secondary N) is 1. The van der Waals surface area contributed by atoms with E-state index in [0.717, 1.165) is 10.9 Å². The highest BCUT2D eigenvalue weighted by molar-refractivity contribution is 5.80. The third-order valence-corrected chi connectivity index (χ3v) is 4.25. The second kappa shape index (κ2) is 5.51. The zero-order chi connectivity index (χ0) is 15.8. The molecule has 2 aromatic heterocycles. The van der Waals surface area contributed by atoms with Crippen LogP contribution in [0.2, 0.25) is 0 Å². The molecule has 0 unspecified atom stereocenters. The van der Waals surface area contributed by atoms with Crippen molar-refractivity contribution in [1.29, 1.82) is 0 Å². The Kier molecular flexibility index (Phi) is 3.34. The summed E-state index contributed by atoms with van der Waals surface area (Å²) in [6, 6.07) is 9.24. The molecule has 7 heteroatoms. The Morgan fingerprint density at radius 3 is 2.96 bits per heavy atom. The predicted octanol–water partition coefficient (Wildman–Crippen LogP) is 0.723. The Morgan fingerprint density at radius 1 is 1.35 bits per heavy atom. The molecule has 3 aromatic rings. The smallest absolute Gasteiger partial charge is 0.242 e. The van der Waals surface area contributed by atoms with Gasteiger partial charge in [-0.05, 0) is 18.6 Å². The van der Waals surface area contributed by atoms with Crippen LogP contribution in [0.4, 0.5) is 0 Å². The van der Waals surface area contributed by atoms with Gasteiger partial charge < -0.3 is 10.4 Å². The van der Waals surface area contributed by atoms with Crippen molar-refractivity contribution in [2.75, 3.05) is 0 Å². The molecule has 1 amide bonds. The number of aromatic nitrogens is 4. The Bertz CT molecular complexity index is 793. The van der Waals surface area contributed by atoms with E-state index in [2.05, 4.69) is 15.5 Å². The summed E-state index contributed by atoms with van der Waals surface area (Å²) in [6.07, 6.45) is 5.38. The van der Waals surface area contributed by atoms with Crippen LogP contribution in [0.1, 0.15) is 12.5 Å². The summed E-state index contributed by atoms with van der Waals surface area (Å²) in [7, 11) is 0. The quantitative estimate of drug-likeness (QED) is 0.743. The maximum absolute atomic E-state index is 12.2. The van der Waals surface area contributed by atoms with E-state index in [1.165, 1.54) is 0 Å². The molecule has 0 spiro atoms. The van der Waals surface area contributed by atoms with Crippen LogP contribution in [0.5, 0.6) is 0 Å². The van der Waals surface area contributed by atoms with E-state index in [0.29, 0.717) is 6.42 Å². The molecule has 0 radical (unpaired) electrons. The van der Waals surface area contributed by atoms with Crippen LogP contribution < -0.4 is 5.32 Å². The molecule has 7 nitrogen and oxygen atoms in total. The van der Waals surface area contributed by atoms with E-state index in [1.54, 1.807) is 27.8 Å². The number of benzene rings is 1. The van der Waals surface area contributed by atoms with E-state index >= 15 is 0 Å². The van der Waals surface area contributed by atoms with Crippen molar-refractivity contribution >= 4 is 16.8 Å². The highest BCUT2D eigenvalue weighted by Gasteiger charge is 2.42. The van der Waals surface area contributed by atoms with Gasteiger partial charge in [0.2, 0.25) is 5.91 Å². The van der Waals surface area contributed by atoms with E-state index < -0.39 is 6.10 Å². The Balaban J connectivity index is 1.42. The summed E-state index contributed by atoms with van der Waals surface area (Å²) in [6.45, 7) is 0.160. The zero-order valence-corrected chi connectivity index (χ0v) is 12.4. The van der Waals surface area contributed by atoms with Gasteiger partial charge in [-0.25, -0.2) is 0 Å². The number of carbonyl (C=O) groups is 1. The average Bonchev–Trinajstić information content (AvgIpc) is 3.15. The second-order valence-corrected chi connectivity index (χ2v) is 5.84. The average molecular weight is 311 g/mol. The highest BCUT2D eigenvalue weighted by atomic mass is 16.3. The van der Waals surface area contributed by atoms with Crippen molar-refractivity contribution in [3.8, 4) is 0 Å². The molecule has 1 aliphatic carbocycles. The van der Waals surface area contributed by atoms with E-state index in [9.17, 15) is 9.90 Å². The topological polar surface area (TPSA) is 85.0 Å². The van der Waals surface area contributed by atoms with Crippen LogP contribution in [-0.2, 0) is 11.3 Å². The molecule has 2 heterocycles. The van der Waals surface area contributed by atoms with Gasteiger partial charge >= 0.3 is 0 Å². The standard InChI is InChI=1S/C16H17N5O2/c22-14-8-13(16(14)21-7-3-6-17-21)18-15(23)10-20-9-11-4-1-2-5-12(11)19-20/h1-7,9,13-14,16,22H,8,10H2,(H,18,23)/t13-,14+,16+/m0/s1. The molecule has 1 saturated carbocycles. The molecule has 3 atom stereocenters. The van der Waals surface area contributed by atoms with Crippen molar-refractivity contribution in [3.05, 3.63) is 48.9 Å². The first-order chi connectivity index (χ1) is 11.2. The molecule has 0 saturated heterocycles. The summed E-state index contributed by atoms with van der Waals surface area (Å²) in [4.78, 5) is 12.2. The van der Waals surface area contributed by atoms with Gasteiger partial charge in [0.05, 0.1) is 23.7 Å². The van der Waals surface area contributed by atoms with Crippen LogP contribution in [0.15, 0.2) is 48.9 Å².